The van der Waals surface area contributed by atoms with Crippen LogP contribution in [0.1, 0.15) is 54.3 Å². The molecule has 1 heterocycles. The van der Waals surface area contributed by atoms with Crippen LogP contribution in [-0.4, -0.2) is 59.4 Å². The molecule has 0 N–H and O–H groups in total. The van der Waals surface area contributed by atoms with E-state index in [2.05, 4.69) is 23.9 Å². The number of nitrogens with zero attached hydrogens (tertiary/aromatic N) is 3. The molecule has 1 amide bonds. The fourth-order valence-electron chi connectivity index (χ4n) is 2.81. The quantitative estimate of drug-likeness (QED) is 0.551. The van der Waals surface area contributed by atoms with E-state index in [1.165, 1.54) is 6.92 Å². The van der Waals surface area contributed by atoms with Crippen molar-refractivity contribution in [2.24, 2.45) is 0 Å². The summed E-state index contributed by atoms with van der Waals surface area (Å²) >= 11 is 0. The lowest BCUT2D eigenvalue weighted by molar-refractivity contribution is 0.0736. The Hall–Kier alpha value is -2.67. The number of aromatic nitrogens is 1. The molecule has 0 unspecified atom stereocenters. The number of benzene rings is 1. The number of ether oxygens (including phenoxy) is 1. The van der Waals surface area contributed by atoms with Gasteiger partial charge in [0.2, 0.25) is 0 Å². The van der Waals surface area contributed by atoms with Crippen LogP contribution in [0.4, 0.5) is 0 Å². The van der Waals surface area contributed by atoms with Gasteiger partial charge in [-0.3, -0.25) is 9.59 Å². The van der Waals surface area contributed by atoms with Gasteiger partial charge in [-0.05, 0) is 39.1 Å². The molecule has 0 saturated carbocycles. The van der Waals surface area contributed by atoms with E-state index in [4.69, 9.17) is 9.26 Å². The van der Waals surface area contributed by atoms with E-state index in [1.54, 1.807) is 35.2 Å². The van der Waals surface area contributed by atoms with E-state index >= 15 is 0 Å². The van der Waals surface area contributed by atoms with Crippen molar-refractivity contribution in [2.45, 2.75) is 34.3 Å². The number of hydrogen-bond acceptors (Lipinski definition) is 6. The summed E-state index contributed by atoms with van der Waals surface area (Å²) in [5.74, 6) is 0.841. The van der Waals surface area contributed by atoms with Crippen molar-refractivity contribution >= 4 is 11.7 Å². The summed E-state index contributed by atoms with van der Waals surface area (Å²) in [6, 6.07) is 8.54. The number of Topliss-reactive ketones (excluding diaryl/α,β-unsaturated/α-hetero) is 1. The number of amides is 1. The van der Waals surface area contributed by atoms with Gasteiger partial charge in [-0.15, -0.1) is 0 Å². The minimum Gasteiger partial charge on any atom is -0.486 e. The SMILES string of the molecule is CCN(CC)CCN(CC)C(=O)c1cc(COc2cccc(C(C)=O)c2)on1. The molecule has 0 aliphatic rings. The molecule has 0 fully saturated rings. The van der Waals surface area contributed by atoms with Crippen LogP contribution in [-0.2, 0) is 6.61 Å². The van der Waals surface area contributed by atoms with Gasteiger partial charge in [0, 0.05) is 31.3 Å². The molecule has 2 aromatic rings. The monoisotopic (exact) mass is 387 g/mol. The second kappa shape index (κ2) is 10.6. The second-order valence-corrected chi connectivity index (χ2v) is 6.46. The van der Waals surface area contributed by atoms with Crippen LogP contribution in [0.15, 0.2) is 34.9 Å². The minimum absolute atomic E-state index is 0.0256. The van der Waals surface area contributed by atoms with Gasteiger partial charge < -0.3 is 19.1 Å². The zero-order chi connectivity index (χ0) is 20.5. The Bertz CT molecular complexity index is 783. The Kier molecular flexibility index (Phi) is 8.19. The third-order valence-electron chi connectivity index (χ3n) is 4.65. The maximum Gasteiger partial charge on any atom is 0.276 e. The van der Waals surface area contributed by atoms with Crippen molar-refractivity contribution in [3.63, 3.8) is 0 Å². The lowest BCUT2D eigenvalue weighted by atomic mass is 10.1. The highest BCUT2D eigenvalue weighted by molar-refractivity contribution is 5.94. The summed E-state index contributed by atoms with van der Waals surface area (Å²) in [6.45, 7) is 11.8. The summed E-state index contributed by atoms with van der Waals surface area (Å²) in [7, 11) is 0. The van der Waals surface area contributed by atoms with Gasteiger partial charge in [-0.1, -0.05) is 31.1 Å². The van der Waals surface area contributed by atoms with Gasteiger partial charge >= 0.3 is 0 Å². The van der Waals surface area contributed by atoms with Gasteiger partial charge in [0.25, 0.3) is 5.91 Å². The number of likely N-dealkylation sites (N-methyl/N-ethyl adjacent to an activating group) is 2. The second-order valence-electron chi connectivity index (χ2n) is 6.46. The fourth-order valence-corrected chi connectivity index (χ4v) is 2.81. The Labute approximate surface area is 166 Å². The molecule has 0 radical (unpaired) electrons. The van der Waals surface area contributed by atoms with Crippen LogP contribution in [0, 0.1) is 0 Å². The molecule has 7 heteroatoms. The summed E-state index contributed by atoms with van der Waals surface area (Å²) in [4.78, 5) is 28.2. The van der Waals surface area contributed by atoms with Gasteiger partial charge in [0.15, 0.2) is 17.2 Å². The number of hydrogen-bond donors (Lipinski definition) is 0. The zero-order valence-electron chi connectivity index (χ0n) is 17.1. The van der Waals surface area contributed by atoms with E-state index < -0.39 is 0 Å². The van der Waals surface area contributed by atoms with E-state index in [0.29, 0.717) is 30.2 Å². The molecule has 7 nitrogen and oxygen atoms in total. The highest BCUT2D eigenvalue weighted by Gasteiger charge is 2.19. The summed E-state index contributed by atoms with van der Waals surface area (Å²) in [5.41, 5.74) is 0.857. The van der Waals surface area contributed by atoms with Crippen molar-refractivity contribution in [3.8, 4) is 5.75 Å². The molecular formula is C21H29N3O4. The molecule has 1 aromatic heterocycles. The van der Waals surface area contributed by atoms with Crippen molar-refractivity contribution in [3.05, 3.63) is 47.3 Å². The van der Waals surface area contributed by atoms with Gasteiger partial charge in [-0.2, -0.15) is 0 Å². The largest absolute Gasteiger partial charge is 0.486 e. The Morgan fingerprint density at radius 2 is 1.82 bits per heavy atom. The lowest BCUT2D eigenvalue weighted by Crippen LogP contribution is -2.38. The van der Waals surface area contributed by atoms with Crippen molar-refractivity contribution < 1.29 is 18.8 Å². The highest BCUT2D eigenvalue weighted by atomic mass is 16.5. The maximum atomic E-state index is 12.7. The first-order valence-corrected chi connectivity index (χ1v) is 9.69. The predicted molar refractivity (Wildman–Crippen MR) is 107 cm³/mol. The Morgan fingerprint density at radius 1 is 1.07 bits per heavy atom. The molecular weight excluding hydrogens is 358 g/mol. The Balaban J connectivity index is 1.95. The van der Waals surface area contributed by atoms with Crippen molar-refractivity contribution in [1.29, 1.82) is 0 Å². The summed E-state index contributed by atoms with van der Waals surface area (Å²) in [6.07, 6.45) is 0. The van der Waals surface area contributed by atoms with Crippen LogP contribution in [0.3, 0.4) is 0 Å². The van der Waals surface area contributed by atoms with Gasteiger partial charge in [-0.25, -0.2) is 0 Å². The first-order valence-electron chi connectivity index (χ1n) is 9.69. The normalized spacial score (nSPS) is 10.9. The van der Waals surface area contributed by atoms with Crippen molar-refractivity contribution in [2.75, 3.05) is 32.7 Å². The van der Waals surface area contributed by atoms with Crippen molar-refractivity contribution in [1.82, 2.24) is 15.0 Å². The van der Waals surface area contributed by atoms with Crippen LogP contribution in [0.25, 0.3) is 0 Å². The van der Waals surface area contributed by atoms with E-state index in [0.717, 1.165) is 19.6 Å². The van der Waals surface area contributed by atoms with Crippen LogP contribution in [0.5, 0.6) is 5.75 Å². The smallest absolute Gasteiger partial charge is 0.276 e. The molecule has 1 aromatic carbocycles. The molecule has 28 heavy (non-hydrogen) atoms. The Morgan fingerprint density at radius 3 is 2.46 bits per heavy atom. The third-order valence-corrected chi connectivity index (χ3v) is 4.65. The molecule has 0 aliphatic carbocycles. The van der Waals surface area contributed by atoms with Crippen LogP contribution >= 0.6 is 0 Å². The number of ketones is 1. The number of carbonyl (C=O) groups is 2. The molecule has 0 saturated heterocycles. The lowest BCUT2D eigenvalue weighted by Gasteiger charge is -2.24. The van der Waals surface area contributed by atoms with Gasteiger partial charge in [0.05, 0.1) is 0 Å². The molecule has 0 aliphatic heterocycles. The molecule has 0 atom stereocenters. The molecule has 0 spiro atoms. The standard InChI is InChI=1S/C21H29N3O4/c1-5-23(6-2)11-12-24(7-3)21(26)20-14-19(28-22-20)15-27-18-10-8-9-17(13-18)16(4)25/h8-10,13-14H,5-7,11-12,15H2,1-4H3. The molecule has 152 valence electrons. The van der Waals surface area contributed by atoms with E-state index in [1.807, 2.05) is 6.92 Å². The topological polar surface area (TPSA) is 75.9 Å². The number of carbonyl (C=O) groups excluding carboxylic acids is 2. The van der Waals surface area contributed by atoms with Crippen LogP contribution in [0.2, 0.25) is 0 Å². The first kappa shape index (κ1) is 21.6. The van der Waals surface area contributed by atoms with E-state index in [-0.39, 0.29) is 24.0 Å². The molecule has 2 rings (SSSR count). The fraction of sp³-hybridized carbons (Fsp3) is 0.476. The summed E-state index contributed by atoms with van der Waals surface area (Å²) in [5, 5.41) is 3.90. The molecule has 0 bridgehead atoms. The minimum atomic E-state index is -0.150. The summed E-state index contributed by atoms with van der Waals surface area (Å²) < 4.78 is 10.9. The highest BCUT2D eigenvalue weighted by Crippen LogP contribution is 2.16. The third kappa shape index (κ3) is 5.92. The predicted octanol–water partition coefficient (Wildman–Crippen LogP) is 3.26. The number of rotatable bonds is 11. The van der Waals surface area contributed by atoms with Crippen LogP contribution < -0.4 is 4.74 Å². The average molecular weight is 387 g/mol. The zero-order valence-corrected chi connectivity index (χ0v) is 17.1. The van der Waals surface area contributed by atoms with Gasteiger partial charge in [0.1, 0.15) is 12.4 Å². The maximum absolute atomic E-state index is 12.7. The van der Waals surface area contributed by atoms with E-state index in [9.17, 15) is 9.59 Å². The first-order chi connectivity index (χ1) is 13.5. The average Bonchev–Trinajstić information content (AvgIpc) is 3.19.